The molecule has 0 saturated carbocycles. The van der Waals surface area contributed by atoms with Crippen LogP contribution < -0.4 is 0 Å². The topological polar surface area (TPSA) is 13.1 Å². The first-order valence-corrected chi connectivity index (χ1v) is 15.4. The summed E-state index contributed by atoms with van der Waals surface area (Å²) in [5, 5.41) is 10.0. The highest BCUT2D eigenvalue weighted by Gasteiger charge is 2.43. The molecular formula is C42H30O. The lowest BCUT2D eigenvalue weighted by Gasteiger charge is -2.24. The number of hydrogen-bond acceptors (Lipinski definition) is 1. The highest BCUT2D eigenvalue weighted by Crippen LogP contribution is 2.59. The molecule has 1 heteroatoms. The van der Waals surface area contributed by atoms with Crippen LogP contribution in [0.4, 0.5) is 0 Å². The molecule has 10 rings (SSSR count). The highest BCUT2D eigenvalue weighted by molar-refractivity contribution is 6.25. The van der Waals surface area contributed by atoms with E-state index in [9.17, 15) is 0 Å². The second-order valence-electron chi connectivity index (χ2n) is 13.7. The Kier molecular flexibility index (Phi) is 4.15. The zero-order valence-corrected chi connectivity index (χ0v) is 24.8. The predicted octanol–water partition coefficient (Wildman–Crippen LogP) is 11.7. The predicted molar refractivity (Wildman–Crippen MR) is 181 cm³/mol. The zero-order chi connectivity index (χ0) is 28.8. The molecule has 1 heterocycles. The van der Waals surface area contributed by atoms with Crippen LogP contribution in [-0.2, 0) is 10.8 Å². The fourth-order valence-electron chi connectivity index (χ4n) is 8.69. The number of fused-ring (bicyclic) bond motifs is 10. The van der Waals surface area contributed by atoms with Gasteiger partial charge in [0.15, 0.2) is 0 Å². The minimum atomic E-state index is -0.174. The van der Waals surface area contributed by atoms with E-state index in [0.717, 1.165) is 11.2 Å². The Morgan fingerprint density at radius 1 is 0.419 bits per heavy atom. The highest BCUT2D eigenvalue weighted by atomic mass is 16.3. The Morgan fingerprint density at radius 2 is 1.00 bits per heavy atom. The first-order valence-electron chi connectivity index (χ1n) is 15.4. The van der Waals surface area contributed by atoms with Crippen LogP contribution >= 0.6 is 0 Å². The van der Waals surface area contributed by atoms with E-state index in [1.54, 1.807) is 0 Å². The van der Waals surface area contributed by atoms with E-state index >= 15 is 0 Å². The smallest absolute Gasteiger partial charge is 0.136 e. The summed E-state index contributed by atoms with van der Waals surface area (Å²) in [5.41, 5.74) is 12.8. The van der Waals surface area contributed by atoms with Crippen LogP contribution in [0.3, 0.4) is 0 Å². The molecule has 0 aliphatic heterocycles. The van der Waals surface area contributed by atoms with Crippen molar-refractivity contribution in [3.05, 3.63) is 131 Å². The monoisotopic (exact) mass is 550 g/mol. The lowest BCUT2D eigenvalue weighted by Crippen LogP contribution is -2.17. The van der Waals surface area contributed by atoms with Gasteiger partial charge in [0.25, 0.3) is 0 Å². The Labute approximate surface area is 250 Å². The molecule has 0 saturated heterocycles. The Balaban J connectivity index is 1.36. The van der Waals surface area contributed by atoms with Gasteiger partial charge in [0.2, 0.25) is 0 Å². The van der Waals surface area contributed by atoms with Gasteiger partial charge in [-0.3, -0.25) is 0 Å². The summed E-state index contributed by atoms with van der Waals surface area (Å²) in [6, 6.07) is 40.8. The average Bonchev–Trinajstić information content (AvgIpc) is 3.31. The first-order chi connectivity index (χ1) is 20.8. The summed E-state index contributed by atoms with van der Waals surface area (Å²) in [7, 11) is 0. The van der Waals surface area contributed by atoms with Gasteiger partial charge in [-0.15, -0.1) is 0 Å². The van der Waals surface area contributed by atoms with Gasteiger partial charge in [0.1, 0.15) is 11.2 Å². The van der Waals surface area contributed by atoms with Gasteiger partial charge >= 0.3 is 0 Å². The van der Waals surface area contributed by atoms with Crippen molar-refractivity contribution in [2.45, 2.75) is 38.5 Å². The second kappa shape index (κ2) is 7.54. The summed E-state index contributed by atoms with van der Waals surface area (Å²) in [6.07, 6.45) is 0. The summed E-state index contributed by atoms with van der Waals surface area (Å²) in [4.78, 5) is 0. The van der Waals surface area contributed by atoms with E-state index in [2.05, 4.69) is 137 Å². The fraction of sp³-hybridized carbons (Fsp3) is 0.143. The minimum absolute atomic E-state index is 0.0825. The van der Waals surface area contributed by atoms with E-state index in [4.69, 9.17) is 4.42 Å². The van der Waals surface area contributed by atoms with Crippen molar-refractivity contribution in [3.63, 3.8) is 0 Å². The molecule has 0 atom stereocenters. The van der Waals surface area contributed by atoms with Crippen molar-refractivity contribution in [1.82, 2.24) is 0 Å². The molecule has 0 N–H and O–H groups in total. The van der Waals surface area contributed by atoms with Gasteiger partial charge in [-0.05, 0) is 101 Å². The Morgan fingerprint density at radius 3 is 1.79 bits per heavy atom. The molecule has 2 aliphatic rings. The van der Waals surface area contributed by atoms with Gasteiger partial charge in [-0.25, -0.2) is 0 Å². The van der Waals surface area contributed by atoms with Gasteiger partial charge in [-0.1, -0.05) is 113 Å². The fourth-order valence-corrected chi connectivity index (χ4v) is 8.69. The number of benzene rings is 7. The summed E-state index contributed by atoms with van der Waals surface area (Å²) in [5.74, 6) is 0. The Bertz CT molecular complexity index is 2550. The molecule has 7 aromatic carbocycles. The van der Waals surface area contributed by atoms with Gasteiger partial charge in [-0.2, -0.15) is 0 Å². The third kappa shape index (κ3) is 2.75. The quantitative estimate of drug-likeness (QED) is 0.183. The largest absolute Gasteiger partial charge is 0.456 e. The molecule has 43 heavy (non-hydrogen) atoms. The molecule has 1 aromatic heterocycles. The third-order valence-electron chi connectivity index (χ3n) is 10.8. The van der Waals surface area contributed by atoms with Crippen LogP contribution in [0.5, 0.6) is 0 Å². The zero-order valence-electron chi connectivity index (χ0n) is 24.8. The maximum Gasteiger partial charge on any atom is 0.136 e. The molecular weight excluding hydrogens is 520 g/mol. The standard InChI is InChI=1S/C42H30O/c1-41(2)31-19-18-23-10-5-6-13-25(23)38(31)29-20-33-30(21-32(29)41)39-28-16-9-15-27-26-14-7-11-24-12-8-17-35(37(24)26)43-36(40(27)28)22-34(39)42(33,3)4/h5-22H,1-4H3. The lowest BCUT2D eigenvalue weighted by molar-refractivity contribution is 0.643. The molecule has 8 aromatic rings. The Hall–Kier alpha value is -4.88. The maximum atomic E-state index is 6.87. The van der Waals surface area contributed by atoms with Crippen LogP contribution in [0, 0.1) is 0 Å². The molecule has 204 valence electrons. The van der Waals surface area contributed by atoms with E-state index in [1.165, 1.54) is 87.6 Å². The molecule has 0 amide bonds. The van der Waals surface area contributed by atoms with Crippen molar-refractivity contribution < 1.29 is 4.42 Å². The van der Waals surface area contributed by atoms with Crippen LogP contribution in [0.15, 0.2) is 114 Å². The summed E-state index contributed by atoms with van der Waals surface area (Å²) < 4.78 is 6.87. The van der Waals surface area contributed by atoms with Crippen LogP contribution in [0.1, 0.15) is 49.9 Å². The molecule has 1 nitrogen and oxygen atoms in total. The van der Waals surface area contributed by atoms with Crippen molar-refractivity contribution in [2.75, 3.05) is 0 Å². The van der Waals surface area contributed by atoms with Gasteiger partial charge < -0.3 is 4.42 Å². The van der Waals surface area contributed by atoms with E-state index in [0.29, 0.717) is 0 Å². The molecule has 2 aliphatic carbocycles. The van der Waals surface area contributed by atoms with Crippen molar-refractivity contribution in [3.8, 4) is 22.3 Å². The van der Waals surface area contributed by atoms with Crippen LogP contribution in [-0.4, -0.2) is 0 Å². The third-order valence-corrected chi connectivity index (χ3v) is 10.8. The SMILES string of the molecule is CC1(C)c2cc3c(cc2-c2c1ccc1ccccc21)C(C)(C)c1cc2oc4cccc5cccc(c6cccc(c1-3)c26)c54. The van der Waals surface area contributed by atoms with Gasteiger partial charge in [0, 0.05) is 21.6 Å². The molecule has 0 radical (unpaired) electrons. The summed E-state index contributed by atoms with van der Waals surface area (Å²) >= 11 is 0. The minimum Gasteiger partial charge on any atom is -0.456 e. The van der Waals surface area contributed by atoms with Crippen molar-refractivity contribution in [1.29, 1.82) is 0 Å². The van der Waals surface area contributed by atoms with E-state index in [-0.39, 0.29) is 10.8 Å². The lowest BCUT2D eigenvalue weighted by atomic mass is 9.79. The molecule has 0 fully saturated rings. The number of rotatable bonds is 0. The summed E-state index contributed by atoms with van der Waals surface area (Å²) in [6.45, 7) is 9.58. The maximum absolute atomic E-state index is 6.87. The van der Waals surface area contributed by atoms with Crippen molar-refractivity contribution in [2.24, 2.45) is 0 Å². The normalized spacial score (nSPS) is 15.8. The molecule has 0 bridgehead atoms. The van der Waals surface area contributed by atoms with E-state index in [1.807, 2.05) is 0 Å². The van der Waals surface area contributed by atoms with Gasteiger partial charge in [0.05, 0.1) is 0 Å². The average molecular weight is 551 g/mol. The second-order valence-corrected chi connectivity index (χ2v) is 13.7. The van der Waals surface area contributed by atoms with Crippen molar-refractivity contribution >= 4 is 54.3 Å². The molecule has 0 unspecified atom stereocenters. The van der Waals surface area contributed by atoms with Crippen LogP contribution in [0.25, 0.3) is 76.5 Å². The first kappa shape index (κ1) is 23.7. The number of hydrogen-bond donors (Lipinski definition) is 0. The van der Waals surface area contributed by atoms with E-state index < -0.39 is 0 Å². The van der Waals surface area contributed by atoms with Crippen LogP contribution in [0.2, 0.25) is 0 Å². The molecule has 0 spiro atoms.